The number of nitrogen functional groups attached to an aromatic ring is 2. The third-order valence-electron chi connectivity index (χ3n) is 3.50. The molecular formula is C15H9F3N4O3. The largest absolute Gasteiger partial charge is 0.491 e. The van der Waals surface area contributed by atoms with Crippen molar-refractivity contribution in [1.82, 2.24) is 4.98 Å². The third kappa shape index (κ3) is 2.76. The predicted molar refractivity (Wildman–Crippen MR) is 78.8 cm³/mol. The van der Waals surface area contributed by atoms with Crippen molar-refractivity contribution in [2.24, 2.45) is 0 Å². The number of hydrogen-bond donors (Lipinski definition) is 2. The summed E-state index contributed by atoms with van der Waals surface area (Å²) in [5.41, 5.74) is 12.4. The fourth-order valence-electron chi connectivity index (χ4n) is 2.35. The molecule has 1 aromatic carbocycles. The van der Waals surface area contributed by atoms with Crippen LogP contribution in [0.4, 0.5) is 24.7 Å². The van der Waals surface area contributed by atoms with Gasteiger partial charge in [-0.25, -0.2) is 4.79 Å². The molecule has 128 valence electrons. The first-order valence-corrected chi connectivity index (χ1v) is 6.79. The molecular weight excluding hydrogens is 341 g/mol. The average Bonchev–Trinajstić information content (AvgIpc) is 2.53. The summed E-state index contributed by atoms with van der Waals surface area (Å²) in [6.07, 6.45) is -5.03. The van der Waals surface area contributed by atoms with E-state index >= 15 is 0 Å². The highest BCUT2D eigenvalue weighted by atomic mass is 19.4. The van der Waals surface area contributed by atoms with Gasteiger partial charge in [0.15, 0.2) is 11.5 Å². The minimum atomic E-state index is -5.15. The lowest BCUT2D eigenvalue weighted by Crippen LogP contribution is -2.28. The van der Waals surface area contributed by atoms with Gasteiger partial charge in [-0.3, -0.25) is 0 Å². The van der Waals surface area contributed by atoms with Crippen LogP contribution in [0.1, 0.15) is 16.7 Å². The highest BCUT2D eigenvalue weighted by Crippen LogP contribution is 2.44. The summed E-state index contributed by atoms with van der Waals surface area (Å²) in [5.74, 6) is -3.11. The van der Waals surface area contributed by atoms with E-state index in [1.54, 1.807) is 6.07 Å². The molecule has 0 spiro atoms. The molecule has 2 heterocycles. The second kappa shape index (κ2) is 5.55. The lowest BCUT2D eigenvalue weighted by Gasteiger charge is -2.23. The van der Waals surface area contributed by atoms with E-state index in [9.17, 15) is 18.0 Å². The number of benzene rings is 1. The summed E-state index contributed by atoms with van der Waals surface area (Å²) in [4.78, 5) is 15.0. The Bertz CT molecular complexity index is 935. The number of carbonyl (C=O) groups is 1. The summed E-state index contributed by atoms with van der Waals surface area (Å²) in [5, 5.41) is 9.06. The van der Waals surface area contributed by atoms with Gasteiger partial charge in [0.1, 0.15) is 17.5 Å². The minimum Gasteiger partial charge on any atom is -0.434 e. The number of para-hydroxylation sites is 1. The van der Waals surface area contributed by atoms with E-state index < -0.39 is 17.9 Å². The molecule has 0 unspecified atom stereocenters. The minimum absolute atomic E-state index is 0.00884. The van der Waals surface area contributed by atoms with E-state index in [0.717, 1.165) is 6.07 Å². The number of anilines is 2. The van der Waals surface area contributed by atoms with Crippen LogP contribution in [0.15, 0.2) is 18.2 Å². The smallest absolute Gasteiger partial charge is 0.434 e. The first-order valence-electron chi connectivity index (χ1n) is 6.79. The van der Waals surface area contributed by atoms with Crippen molar-refractivity contribution in [1.29, 1.82) is 5.26 Å². The number of esters is 1. The Morgan fingerprint density at radius 3 is 2.72 bits per heavy atom. The van der Waals surface area contributed by atoms with Gasteiger partial charge in [0.2, 0.25) is 5.88 Å². The van der Waals surface area contributed by atoms with E-state index in [-0.39, 0.29) is 35.1 Å². The monoisotopic (exact) mass is 350 g/mol. The van der Waals surface area contributed by atoms with Gasteiger partial charge in [-0.05, 0) is 6.07 Å². The molecule has 10 heteroatoms. The maximum Gasteiger partial charge on any atom is 0.491 e. The standard InChI is InChI=1S/C15H9F3N4O3/c16-15(17,18)14(23)24-9-3-1-2-6-4-7-10(20)8(5-19)12(21)22-13(7)25-11(6)9/h1-3H,4H2,(H4,20,21,22). The van der Waals surface area contributed by atoms with Gasteiger partial charge in [-0.2, -0.15) is 23.4 Å². The van der Waals surface area contributed by atoms with E-state index in [1.165, 1.54) is 6.07 Å². The van der Waals surface area contributed by atoms with E-state index in [4.69, 9.17) is 21.5 Å². The number of hydrogen-bond acceptors (Lipinski definition) is 7. The van der Waals surface area contributed by atoms with Gasteiger partial charge in [-0.15, -0.1) is 0 Å². The Balaban J connectivity index is 2.04. The zero-order valence-electron chi connectivity index (χ0n) is 12.3. The highest BCUT2D eigenvalue weighted by molar-refractivity contribution is 5.79. The van der Waals surface area contributed by atoms with Gasteiger partial charge in [-0.1, -0.05) is 12.1 Å². The summed E-state index contributed by atoms with van der Waals surface area (Å²) < 4.78 is 47.0. The molecule has 2 aromatic rings. The first kappa shape index (κ1) is 16.4. The molecule has 1 aliphatic rings. The summed E-state index contributed by atoms with van der Waals surface area (Å²) in [7, 11) is 0. The summed E-state index contributed by atoms with van der Waals surface area (Å²) in [6.45, 7) is 0. The number of nitriles is 1. The van der Waals surface area contributed by atoms with Crippen LogP contribution in [0.2, 0.25) is 0 Å². The lowest BCUT2D eigenvalue weighted by molar-refractivity contribution is -0.189. The van der Waals surface area contributed by atoms with Crippen LogP contribution >= 0.6 is 0 Å². The molecule has 0 amide bonds. The van der Waals surface area contributed by atoms with Crippen LogP contribution in [0.5, 0.6) is 17.4 Å². The van der Waals surface area contributed by atoms with Crippen LogP contribution in [0.3, 0.4) is 0 Å². The SMILES string of the molecule is N#Cc1c(N)nc2c(c1N)Cc1cccc(OC(=O)C(F)(F)F)c1O2. The molecule has 0 fully saturated rings. The van der Waals surface area contributed by atoms with Crippen LogP contribution in [-0.2, 0) is 11.2 Å². The fourth-order valence-corrected chi connectivity index (χ4v) is 2.35. The number of pyridine rings is 1. The van der Waals surface area contributed by atoms with Crippen LogP contribution in [0.25, 0.3) is 0 Å². The number of ether oxygens (including phenoxy) is 2. The molecule has 7 nitrogen and oxygen atoms in total. The zero-order chi connectivity index (χ0) is 18.4. The van der Waals surface area contributed by atoms with Gasteiger partial charge < -0.3 is 20.9 Å². The van der Waals surface area contributed by atoms with Gasteiger partial charge in [0, 0.05) is 17.5 Å². The molecule has 1 aliphatic heterocycles. The topological polar surface area (TPSA) is 124 Å². The van der Waals surface area contributed by atoms with Crippen LogP contribution in [0, 0.1) is 11.3 Å². The van der Waals surface area contributed by atoms with Crippen molar-refractivity contribution in [2.45, 2.75) is 12.6 Å². The second-order valence-electron chi connectivity index (χ2n) is 5.09. The molecule has 1 aromatic heterocycles. The molecule has 0 aliphatic carbocycles. The fraction of sp³-hybridized carbons (Fsp3) is 0.133. The number of halogens is 3. The van der Waals surface area contributed by atoms with Crippen LogP contribution in [-0.4, -0.2) is 17.1 Å². The molecule has 0 radical (unpaired) electrons. The Morgan fingerprint density at radius 2 is 2.08 bits per heavy atom. The second-order valence-corrected chi connectivity index (χ2v) is 5.09. The Morgan fingerprint density at radius 1 is 1.36 bits per heavy atom. The molecule has 3 rings (SSSR count). The Kier molecular flexibility index (Phi) is 3.64. The number of carbonyl (C=O) groups excluding carboxylic acids is 1. The number of alkyl halides is 3. The molecule has 25 heavy (non-hydrogen) atoms. The van der Waals surface area contributed by atoms with Crippen LogP contribution < -0.4 is 20.9 Å². The van der Waals surface area contributed by atoms with Crippen molar-refractivity contribution in [3.05, 3.63) is 34.9 Å². The lowest BCUT2D eigenvalue weighted by atomic mass is 9.99. The van der Waals surface area contributed by atoms with Crippen molar-refractivity contribution in [2.75, 3.05) is 11.5 Å². The number of nitrogens with two attached hydrogens (primary N) is 2. The van der Waals surface area contributed by atoms with E-state index in [1.807, 2.05) is 6.07 Å². The number of fused-ring (bicyclic) bond motifs is 2. The van der Waals surface area contributed by atoms with Crippen molar-refractivity contribution < 1.29 is 27.4 Å². The van der Waals surface area contributed by atoms with Crippen molar-refractivity contribution >= 4 is 17.5 Å². The highest BCUT2D eigenvalue weighted by Gasteiger charge is 2.42. The molecule has 4 N–H and O–H groups in total. The maximum atomic E-state index is 12.4. The van der Waals surface area contributed by atoms with Gasteiger partial charge in [0.25, 0.3) is 0 Å². The quantitative estimate of drug-likeness (QED) is 0.509. The maximum absolute atomic E-state index is 12.4. The normalized spacial score (nSPS) is 12.4. The molecule has 0 bridgehead atoms. The first-order chi connectivity index (χ1) is 11.7. The van der Waals surface area contributed by atoms with Gasteiger partial charge >= 0.3 is 12.1 Å². The third-order valence-corrected chi connectivity index (χ3v) is 3.50. The van der Waals surface area contributed by atoms with Crippen molar-refractivity contribution in [3.63, 3.8) is 0 Å². The van der Waals surface area contributed by atoms with Gasteiger partial charge in [0.05, 0.1) is 5.69 Å². The molecule has 0 saturated carbocycles. The predicted octanol–water partition coefficient (Wildman–Crippen LogP) is 2.28. The molecule has 0 atom stereocenters. The van der Waals surface area contributed by atoms with E-state index in [2.05, 4.69) is 9.72 Å². The zero-order valence-corrected chi connectivity index (χ0v) is 12.3. The Hall–Kier alpha value is -3.48. The Labute approximate surface area is 138 Å². The van der Waals surface area contributed by atoms with E-state index in [0.29, 0.717) is 11.1 Å². The average molecular weight is 350 g/mol. The molecule has 0 saturated heterocycles. The van der Waals surface area contributed by atoms with Crippen molar-refractivity contribution in [3.8, 4) is 23.4 Å². The number of aromatic nitrogens is 1. The summed E-state index contributed by atoms with van der Waals surface area (Å²) in [6, 6.07) is 5.95. The number of rotatable bonds is 1. The summed E-state index contributed by atoms with van der Waals surface area (Å²) >= 11 is 0. The number of nitrogens with zero attached hydrogens (tertiary/aromatic N) is 2.